The van der Waals surface area contributed by atoms with Crippen LogP contribution in [0.5, 0.6) is 5.75 Å². The first-order valence-corrected chi connectivity index (χ1v) is 11.1. The zero-order valence-corrected chi connectivity index (χ0v) is 19.0. The monoisotopic (exact) mass is 449 g/mol. The molecule has 1 aromatic carbocycles. The number of nitrogens with zero attached hydrogens (tertiary/aromatic N) is 5. The van der Waals surface area contributed by atoms with Gasteiger partial charge in [0.05, 0.1) is 36.9 Å². The van der Waals surface area contributed by atoms with Crippen molar-refractivity contribution in [1.29, 1.82) is 0 Å². The van der Waals surface area contributed by atoms with Gasteiger partial charge in [0.25, 0.3) is 5.91 Å². The lowest BCUT2D eigenvalue weighted by molar-refractivity contribution is -0.139. The third kappa shape index (κ3) is 3.10. The Balaban J connectivity index is 1.69. The van der Waals surface area contributed by atoms with Gasteiger partial charge in [-0.15, -0.1) is 0 Å². The number of fused-ring (bicyclic) bond motifs is 4. The van der Waals surface area contributed by atoms with Crippen LogP contribution in [0, 0.1) is 0 Å². The lowest BCUT2D eigenvalue weighted by Gasteiger charge is -2.56. The summed E-state index contributed by atoms with van der Waals surface area (Å²) in [5.41, 5.74) is 2.76. The van der Waals surface area contributed by atoms with Gasteiger partial charge in [-0.05, 0) is 17.7 Å². The number of carbonyl (C=O) groups excluding carboxylic acids is 2. The smallest absolute Gasteiger partial charge is 0.274 e. The predicted molar refractivity (Wildman–Crippen MR) is 121 cm³/mol. The minimum atomic E-state index is -0.542. The summed E-state index contributed by atoms with van der Waals surface area (Å²) in [5.74, 6) is 0.550. The Kier molecular flexibility index (Phi) is 5.08. The van der Waals surface area contributed by atoms with Crippen molar-refractivity contribution in [2.75, 3.05) is 33.4 Å². The summed E-state index contributed by atoms with van der Waals surface area (Å²) in [5, 5.41) is 11.5. The van der Waals surface area contributed by atoms with E-state index in [1.165, 1.54) is 18.6 Å². The minimum absolute atomic E-state index is 0.0974. The molecule has 1 N–H and O–H groups in total. The Bertz CT molecular complexity index is 1230. The summed E-state index contributed by atoms with van der Waals surface area (Å²) in [6, 6.07) is 5.39. The first kappa shape index (κ1) is 21.4. The van der Waals surface area contributed by atoms with Gasteiger partial charge in [-0.1, -0.05) is 6.92 Å². The van der Waals surface area contributed by atoms with Gasteiger partial charge in [0.2, 0.25) is 5.91 Å². The number of hydrogen-bond donors (Lipinski definition) is 1. The Labute approximate surface area is 191 Å². The van der Waals surface area contributed by atoms with Crippen molar-refractivity contribution >= 4 is 22.7 Å². The molecule has 5 rings (SSSR count). The molecule has 1 fully saturated rings. The molecule has 1 spiro atoms. The zero-order chi connectivity index (χ0) is 23.3. The number of amides is 2. The van der Waals surface area contributed by atoms with Crippen molar-refractivity contribution in [1.82, 2.24) is 24.3 Å². The fraction of sp³-hybridized carbons (Fsp3) is 0.417. The van der Waals surface area contributed by atoms with E-state index in [-0.39, 0.29) is 24.1 Å². The number of rotatable bonds is 4. The van der Waals surface area contributed by atoms with Crippen LogP contribution in [0.2, 0.25) is 0 Å². The molecule has 2 aliphatic rings. The highest BCUT2D eigenvalue weighted by molar-refractivity contribution is 5.94. The van der Waals surface area contributed by atoms with Crippen LogP contribution in [0.15, 0.2) is 36.8 Å². The number of aromatic nitrogens is 3. The molecule has 3 aromatic rings. The number of aryl methyl sites for hydroxylation is 1. The van der Waals surface area contributed by atoms with Crippen molar-refractivity contribution in [3.8, 4) is 5.75 Å². The average molecular weight is 450 g/mol. The summed E-state index contributed by atoms with van der Waals surface area (Å²) in [6.07, 6.45) is 4.89. The van der Waals surface area contributed by atoms with Crippen LogP contribution in [0.1, 0.15) is 41.1 Å². The highest BCUT2D eigenvalue weighted by atomic mass is 16.5. The molecule has 9 nitrogen and oxygen atoms in total. The quantitative estimate of drug-likeness (QED) is 0.650. The van der Waals surface area contributed by atoms with Gasteiger partial charge < -0.3 is 24.2 Å². The maximum Gasteiger partial charge on any atom is 0.274 e. The lowest BCUT2D eigenvalue weighted by atomic mass is 9.68. The number of aliphatic hydroxyl groups excluding tert-OH is 1. The fourth-order valence-electron chi connectivity index (χ4n) is 5.47. The van der Waals surface area contributed by atoms with Gasteiger partial charge in [0.15, 0.2) is 0 Å². The molecule has 1 saturated heterocycles. The Morgan fingerprint density at radius 1 is 1.24 bits per heavy atom. The van der Waals surface area contributed by atoms with Crippen LogP contribution in [0.4, 0.5) is 0 Å². The summed E-state index contributed by atoms with van der Waals surface area (Å²) in [4.78, 5) is 37.7. The van der Waals surface area contributed by atoms with E-state index in [0.29, 0.717) is 26.1 Å². The number of benzene rings is 1. The maximum absolute atomic E-state index is 13.5. The highest BCUT2D eigenvalue weighted by Gasteiger charge is 2.55. The van der Waals surface area contributed by atoms with Gasteiger partial charge in [-0.2, -0.15) is 0 Å². The molecule has 1 atom stereocenters. The maximum atomic E-state index is 13.5. The Morgan fingerprint density at radius 3 is 2.67 bits per heavy atom. The molecule has 172 valence electrons. The number of likely N-dealkylation sites (tertiary alicyclic amines) is 1. The zero-order valence-electron chi connectivity index (χ0n) is 19.0. The van der Waals surface area contributed by atoms with Gasteiger partial charge >= 0.3 is 0 Å². The van der Waals surface area contributed by atoms with E-state index >= 15 is 0 Å². The van der Waals surface area contributed by atoms with Gasteiger partial charge in [0, 0.05) is 62.6 Å². The number of hydrogen-bond acceptors (Lipinski definition) is 6. The van der Waals surface area contributed by atoms with Crippen LogP contribution in [-0.4, -0.2) is 74.6 Å². The Morgan fingerprint density at radius 2 is 2.03 bits per heavy atom. The van der Waals surface area contributed by atoms with Crippen molar-refractivity contribution in [2.24, 2.45) is 7.05 Å². The first-order chi connectivity index (χ1) is 15.9. The molecule has 0 saturated carbocycles. The van der Waals surface area contributed by atoms with E-state index in [1.807, 2.05) is 41.6 Å². The molecule has 2 aliphatic heterocycles. The van der Waals surface area contributed by atoms with Crippen molar-refractivity contribution < 1.29 is 19.4 Å². The molecule has 0 aliphatic carbocycles. The predicted octanol–water partition coefficient (Wildman–Crippen LogP) is 1.66. The normalized spacial score (nSPS) is 18.8. The molecule has 33 heavy (non-hydrogen) atoms. The second-order valence-corrected chi connectivity index (χ2v) is 8.81. The van der Waals surface area contributed by atoms with Crippen LogP contribution < -0.4 is 4.74 Å². The highest BCUT2D eigenvalue weighted by Crippen LogP contribution is 2.49. The number of aliphatic hydroxyl groups is 1. The average Bonchev–Trinajstić information content (AvgIpc) is 3.13. The molecule has 0 unspecified atom stereocenters. The van der Waals surface area contributed by atoms with Crippen LogP contribution >= 0.6 is 0 Å². The number of carbonyl (C=O) groups is 2. The fourth-order valence-corrected chi connectivity index (χ4v) is 5.47. The summed E-state index contributed by atoms with van der Waals surface area (Å²) in [6.45, 7) is 3.07. The van der Waals surface area contributed by atoms with Crippen LogP contribution in [0.25, 0.3) is 10.9 Å². The van der Waals surface area contributed by atoms with Crippen molar-refractivity contribution in [3.05, 3.63) is 53.7 Å². The van der Waals surface area contributed by atoms with Gasteiger partial charge in [0.1, 0.15) is 11.4 Å². The third-order valence-electron chi connectivity index (χ3n) is 7.01. The standard InChI is InChI=1S/C24H27N5O4/c1-4-20(31)28-12-24(13-28)14-29(23(32)17-10-25-7-8-26-17)19(11-30)22-21(24)16-6-5-15(33-3)9-18(16)27(22)2/h5-10,19,30H,4,11-14H2,1-3H3/t19-/m0/s1. The van der Waals surface area contributed by atoms with Crippen molar-refractivity contribution in [3.63, 3.8) is 0 Å². The van der Waals surface area contributed by atoms with E-state index in [4.69, 9.17) is 4.74 Å². The second kappa shape index (κ2) is 7.84. The lowest BCUT2D eigenvalue weighted by Crippen LogP contribution is -2.68. The summed E-state index contributed by atoms with van der Waals surface area (Å²) >= 11 is 0. The van der Waals surface area contributed by atoms with E-state index < -0.39 is 11.5 Å². The second-order valence-electron chi connectivity index (χ2n) is 8.81. The van der Waals surface area contributed by atoms with E-state index in [1.54, 1.807) is 12.0 Å². The molecule has 4 heterocycles. The minimum Gasteiger partial charge on any atom is -0.497 e. The molecule has 2 aromatic heterocycles. The van der Waals surface area contributed by atoms with Crippen LogP contribution in [0.3, 0.4) is 0 Å². The van der Waals surface area contributed by atoms with Crippen molar-refractivity contribution in [2.45, 2.75) is 24.8 Å². The topological polar surface area (TPSA) is 101 Å². The molecule has 0 radical (unpaired) electrons. The molecule has 2 amide bonds. The van der Waals surface area contributed by atoms with Gasteiger partial charge in [-0.25, -0.2) is 4.98 Å². The first-order valence-electron chi connectivity index (χ1n) is 11.1. The van der Waals surface area contributed by atoms with E-state index in [2.05, 4.69) is 9.97 Å². The Hall–Kier alpha value is -3.46. The van der Waals surface area contributed by atoms with E-state index in [0.717, 1.165) is 27.9 Å². The van der Waals surface area contributed by atoms with Gasteiger partial charge in [-0.3, -0.25) is 14.6 Å². The molecular weight excluding hydrogens is 422 g/mol. The number of ether oxygens (including phenoxy) is 1. The summed E-state index contributed by atoms with van der Waals surface area (Å²) < 4.78 is 7.48. The molecule has 9 heteroatoms. The van der Waals surface area contributed by atoms with E-state index in [9.17, 15) is 14.7 Å². The summed E-state index contributed by atoms with van der Waals surface area (Å²) in [7, 11) is 3.57. The largest absolute Gasteiger partial charge is 0.497 e. The number of methoxy groups -OCH3 is 1. The molecule has 0 bridgehead atoms. The molecular formula is C24H27N5O4. The SMILES string of the molecule is CCC(=O)N1CC2(C1)CN(C(=O)c1cnccn1)[C@@H](CO)c1c2c2ccc(OC)cc2n1C. The third-order valence-corrected chi connectivity index (χ3v) is 7.01. The van der Waals surface area contributed by atoms with Crippen LogP contribution in [-0.2, 0) is 17.3 Å².